The van der Waals surface area contributed by atoms with Gasteiger partial charge in [0, 0.05) is 30.0 Å². The Bertz CT molecular complexity index is 567. The van der Waals surface area contributed by atoms with Crippen LogP contribution in [0.5, 0.6) is 0 Å². The highest BCUT2D eigenvalue weighted by molar-refractivity contribution is 7.11. The first-order chi connectivity index (χ1) is 9.20. The smallest absolute Gasteiger partial charge is 0.255 e. The maximum absolute atomic E-state index is 12.1. The molecule has 6 heteroatoms. The van der Waals surface area contributed by atoms with Crippen molar-refractivity contribution in [2.75, 3.05) is 11.9 Å². The number of amides is 1. The fraction of sp³-hybridized carbons (Fsp3) is 0.308. The minimum atomic E-state index is -0.130. The van der Waals surface area contributed by atoms with Crippen LogP contribution in [-0.4, -0.2) is 22.4 Å². The molecule has 0 bridgehead atoms. The average molecular weight is 276 g/mol. The molecule has 0 atom stereocenters. The second-order valence-corrected chi connectivity index (χ2v) is 5.30. The Morgan fingerprint density at radius 3 is 2.95 bits per heavy atom. The standard InChI is InChI=1S/C13H16N4OS/c1-3-15-12-4-5-14-8-11(12)13(18)17-7-10-6-16-9(2)19-10/h4-6,8H,3,7H2,1-2H3,(H,14,15)(H,17,18). The van der Waals surface area contributed by atoms with Crippen LogP contribution in [0.2, 0.25) is 0 Å². The normalized spacial score (nSPS) is 10.2. The summed E-state index contributed by atoms with van der Waals surface area (Å²) in [7, 11) is 0. The van der Waals surface area contributed by atoms with E-state index in [1.54, 1.807) is 36.0 Å². The fourth-order valence-electron chi connectivity index (χ4n) is 1.67. The number of nitrogens with one attached hydrogen (secondary N) is 2. The summed E-state index contributed by atoms with van der Waals surface area (Å²) in [6.07, 6.45) is 5.03. The van der Waals surface area contributed by atoms with Gasteiger partial charge in [-0.25, -0.2) is 4.98 Å². The lowest BCUT2D eigenvalue weighted by Gasteiger charge is -2.09. The topological polar surface area (TPSA) is 66.9 Å². The summed E-state index contributed by atoms with van der Waals surface area (Å²) in [5.41, 5.74) is 1.36. The summed E-state index contributed by atoms with van der Waals surface area (Å²) in [6, 6.07) is 1.80. The molecule has 0 unspecified atom stereocenters. The minimum Gasteiger partial charge on any atom is -0.385 e. The number of carbonyl (C=O) groups excluding carboxylic acids is 1. The van der Waals surface area contributed by atoms with Crippen molar-refractivity contribution in [1.82, 2.24) is 15.3 Å². The lowest BCUT2D eigenvalue weighted by Crippen LogP contribution is -2.23. The summed E-state index contributed by atoms with van der Waals surface area (Å²) in [5.74, 6) is -0.130. The maximum atomic E-state index is 12.1. The van der Waals surface area contributed by atoms with Gasteiger partial charge in [0.2, 0.25) is 0 Å². The highest BCUT2D eigenvalue weighted by Crippen LogP contribution is 2.14. The molecule has 0 saturated carbocycles. The van der Waals surface area contributed by atoms with Crippen molar-refractivity contribution in [1.29, 1.82) is 0 Å². The summed E-state index contributed by atoms with van der Waals surface area (Å²) >= 11 is 1.58. The Morgan fingerprint density at radius 1 is 1.42 bits per heavy atom. The van der Waals surface area contributed by atoms with Crippen molar-refractivity contribution in [3.05, 3.63) is 40.1 Å². The summed E-state index contributed by atoms with van der Waals surface area (Å²) in [5, 5.41) is 7.03. The number of anilines is 1. The third kappa shape index (κ3) is 3.51. The van der Waals surface area contributed by atoms with Gasteiger partial charge in [0.05, 0.1) is 22.8 Å². The van der Waals surface area contributed by atoms with E-state index in [4.69, 9.17) is 0 Å². The number of aryl methyl sites for hydroxylation is 1. The van der Waals surface area contributed by atoms with Gasteiger partial charge >= 0.3 is 0 Å². The van der Waals surface area contributed by atoms with Gasteiger partial charge in [-0.1, -0.05) is 0 Å². The Morgan fingerprint density at radius 2 is 2.26 bits per heavy atom. The van der Waals surface area contributed by atoms with Gasteiger partial charge in [0.25, 0.3) is 5.91 Å². The van der Waals surface area contributed by atoms with Crippen molar-refractivity contribution in [2.45, 2.75) is 20.4 Å². The third-order valence-electron chi connectivity index (χ3n) is 2.53. The van der Waals surface area contributed by atoms with Crippen molar-refractivity contribution in [3.8, 4) is 0 Å². The molecule has 2 aromatic rings. The summed E-state index contributed by atoms with van der Waals surface area (Å²) < 4.78 is 0. The molecular weight excluding hydrogens is 260 g/mol. The van der Waals surface area contributed by atoms with Gasteiger partial charge in [-0.15, -0.1) is 11.3 Å². The second-order valence-electron chi connectivity index (χ2n) is 3.98. The van der Waals surface area contributed by atoms with Gasteiger partial charge < -0.3 is 10.6 Å². The van der Waals surface area contributed by atoms with Crippen molar-refractivity contribution in [2.24, 2.45) is 0 Å². The first-order valence-electron chi connectivity index (χ1n) is 6.08. The maximum Gasteiger partial charge on any atom is 0.255 e. The zero-order valence-electron chi connectivity index (χ0n) is 10.9. The second kappa shape index (κ2) is 6.29. The van der Waals surface area contributed by atoms with Gasteiger partial charge in [-0.05, 0) is 19.9 Å². The molecule has 0 aliphatic carbocycles. The summed E-state index contributed by atoms with van der Waals surface area (Å²) in [6.45, 7) is 5.19. The Balaban J connectivity index is 2.03. The van der Waals surface area contributed by atoms with Gasteiger partial charge in [-0.2, -0.15) is 0 Å². The Labute approximate surface area is 116 Å². The van der Waals surface area contributed by atoms with Crippen LogP contribution in [0.4, 0.5) is 5.69 Å². The molecule has 2 N–H and O–H groups in total. The molecule has 2 aromatic heterocycles. The number of nitrogens with zero attached hydrogens (tertiary/aromatic N) is 2. The number of hydrogen-bond donors (Lipinski definition) is 2. The van der Waals surface area contributed by atoms with Crippen LogP contribution in [0.25, 0.3) is 0 Å². The highest BCUT2D eigenvalue weighted by Gasteiger charge is 2.11. The van der Waals surface area contributed by atoms with E-state index < -0.39 is 0 Å². The van der Waals surface area contributed by atoms with E-state index in [2.05, 4.69) is 20.6 Å². The largest absolute Gasteiger partial charge is 0.385 e. The predicted octanol–water partition coefficient (Wildman–Crippen LogP) is 2.21. The highest BCUT2D eigenvalue weighted by atomic mass is 32.1. The zero-order chi connectivity index (χ0) is 13.7. The van der Waals surface area contributed by atoms with E-state index in [0.29, 0.717) is 12.1 Å². The zero-order valence-corrected chi connectivity index (χ0v) is 11.8. The molecule has 0 aliphatic heterocycles. The molecule has 19 heavy (non-hydrogen) atoms. The van der Waals surface area contributed by atoms with Gasteiger partial charge in [-0.3, -0.25) is 9.78 Å². The molecule has 5 nitrogen and oxygen atoms in total. The first kappa shape index (κ1) is 13.5. The molecule has 0 fully saturated rings. The van der Waals surface area contributed by atoms with E-state index in [0.717, 1.165) is 22.1 Å². The Kier molecular flexibility index (Phi) is 4.46. The van der Waals surface area contributed by atoms with E-state index in [1.807, 2.05) is 13.8 Å². The molecule has 0 spiro atoms. The molecule has 2 heterocycles. The van der Waals surface area contributed by atoms with Crippen LogP contribution >= 0.6 is 11.3 Å². The van der Waals surface area contributed by atoms with Crippen molar-refractivity contribution < 1.29 is 4.79 Å². The predicted molar refractivity (Wildman–Crippen MR) is 76.4 cm³/mol. The summed E-state index contributed by atoms with van der Waals surface area (Å²) in [4.78, 5) is 21.3. The molecule has 0 aromatic carbocycles. The molecule has 0 aliphatic rings. The van der Waals surface area contributed by atoms with E-state index >= 15 is 0 Å². The average Bonchev–Trinajstić information content (AvgIpc) is 2.83. The quantitative estimate of drug-likeness (QED) is 0.878. The van der Waals surface area contributed by atoms with Gasteiger partial charge in [0.1, 0.15) is 0 Å². The van der Waals surface area contributed by atoms with Crippen LogP contribution in [0.3, 0.4) is 0 Å². The van der Waals surface area contributed by atoms with Crippen LogP contribution in [0.1, 0.15) is 27.2 Å². The molecule has 0 saturated heterocycles. The number of rotatable bonds is 5. The number of aromatic nitrogens is 2. The SMILES string of the molecule is CCNc1ccncc1C(=O)NCc1cnc(C)s1. The monoisotopic (exact) mass is 276 g/mol. The van der Waals surface area contributed by atoms with E-state index in [9.17, 15) is 4.79 Å². The number of hydrogen-bond acceptors (Lipinski definition) is 5. The van der Waals surface area contributed by atoms with Crippen molar-refractivity contribution >= 4 is 22.9 Å². The molecule has 0 radical (unpaired) electrons. The third-order valence-corrected chi connectivity index (χ3v) is 3.44. The molecule has 2 rings (SSSR count). The number of pyridine rings is 1. The van der Waals surface area contributed by atoms with Crippen LogP contribution in [-0.2, 0) is 6.54 Å². The lowest BCUT2D eigenvalue weighted by atomic mass is 10.2. The fourth-order valence-corrected chi connectivity index (χ4v) is 2.40. The van der Waals surface area contributed by atoms with Crippen molar-refractivity contribution in [3.63, 3.8) is 0 Å². The number of carbonyl (C=O) groups is 1. The van der Waals surface area contributed by atoms with Crippen LogP contribution < -0.4 is 10.6 Å². The Hall–Kier alpha value is -1.95. The minimum absolute atomic E-state index is 0.130. The molecule has 100 valence electrons. The molecular formula is C13H16N4OS. The molecule has 1 amide bonds. The first-order valence-corrected chi connectivity index (χ1v) is 6.89. The van der Waals surface area contributed by atoms with Gasteiger partial charge in [0.15, 0.2) is 0 Å². The van der Waals surface area contributed by atoms with Crippen LogP contribution in [0.15, 0.2) is 24.7 Å². The number of thiazole rings is 1. The lowest BCUT2D eigenvalue weighted by molar-refractivity contribution is 0.0951. The van der Waals surface area contributed by atoms with E-state index in [1.165, 1.54) is 0 Å². The van der Waals surface area contributed by atoms with E-state index in [-0.39, 0.29) is 5.91 Å². The van der Waals surface area contributed by atoms with Crippen LogP contribution in [0, 0.1) is 6.92 Å².